The quantitative estimate of drug-likeness (QED) is 0.266. The van der Waals surface area contributed by atoms with E-state index in [1.54, 1.807) is 0 Å². The lowest BCUT2D eigenvalue weighted by Crippen LogP contribution is -2.29. The Morgan fingerprint density at radius 2 is 1.52 bits per heavy atom. The molecule has 1 N–H and O–H groups in total. The summed E-state index contributed by atoms with van der Waals surface area (Å²) in [6, 6.07) is 1.28. The van der Waals surface area contributed by atoms with E-state index >= 15 is 0 Å². The van der Waals surface area contributed by atoms with Gasteiger partial charge < -0.3 is 9.16 Å². The van der Waals surface area contributed by atoms with Crippen LogP contribution in [0.5, 0.6) is 0 Å². The molecular formula is C19H37NO4Si. The lowest BCUT2D eigenvalue weighted by Gasteiger charge is -2.21. The molecule has 1 heterocycles. The fourth-order valence-electron chi connectivity index (χ4n) is 3.24. The van der Waals surface area contributed by atoms with Gasteiger partial charge in [-0.15, -0.1) is 0 Å². The zero-order valence-electron chi connectivity index (χ0n) is 16.4. The molecule has 1 saturated heterocycles. The number of imide groups is 1. The van der Waals surface area contributed by atoms with Crippen LogP contribution in [0.25, 0.3) is 0 Å². The van der Waals surface area contributed by atoms with Gasteiger partial charge in [0.25, 0.3) is 5.91 Å². The molecule has 0 saturated carbocycles. The van der Waals surface area contributed by atoms with Gasteiger partial charge in [-0.1, -0.05) is 51.4 Å². The molecule has 0 radical (unpaired) electrons. The Labute approximate surface area is 154 Å². The highest BCUT2D eigenvalue weighted by atomic mass is 28.4. The van der Waals surface area contributed by atoms with Crippen LogP contribution in [-0.4, -0.2) is 39.4 Å². The van der Waals surface area contributed by atoms with Gasteiger partial charge in [0.1, 0.15) is 6.10 Å². The third-order valence-electron chi connectivity index (χ3n) is 4.70. The molecular weight excluding hydrogens is 334 g/mol. The molecule has 0 aromatic carbocycles. The minimum absolute atomic E-state index is 0.184. The second-order valence-electron chi connectivity index (χ2n) is 7.60. The van der Waals surface area contributed by atoms with Gasteiger partial charge in [-0.2, -0.15) is 0 Å². The number of amides is 2. The predicted molar refractivity (Wildman–Crippen MR) is 103 cm³/mol. The van der Waals surface area contributed by atoms with Crippen molar-refractivity contribution >= 4 is 20.1 Å². The highest BCUT2D eigenvalue weighted by molar-refractivity contribution is 6.71. The van der Waals surface area contributed by atoms with Crippen LogP contribution < -0.4 is 5.32 Å². The zero-order chi connectivity index (χ0) is 18.5. The maximum absolute atomic E-state index is 11.3. The summed E-state index contributed by atoms with van der Waals surface area (Å²) < 4.78 is 11.3. The normalized spacial score (nSPS) is 18.0. The van der Waals surface area contributed by atoms with Crippen molar-refractivity contribution in [3.8, 4) is 0 Å². The van der Waals surface area contributed by atoms with Gasteiger partial charge in [0.2, 0.25) is 5.91 Å². The van der Waals surface area contributed by atoms with Crippen LogP contribution in [0.1, 0.15) is 71.1 Å². The number of hydrogen-bond acceptors (Lipinski definition) is 4. The van der Waals surface area contributed by atoms with Crippen LogP contribution >= 0.6 is 0 Å². The standard InChI is InChI=1S/C19H37NO4Si/c1-4-24-25(2,3)15-13-11-9-7-5-6-8-10-12-14-23-17-16-18(21)20-19(17)22/h17H,4-16H2,1-3H3,(H,20,21,22). The van der Waals surface area contributed by atoms with Crippen molar-refractivity contribution in [1.29, 1.82) is 0 Å². The van der Waals surface area contributed by atoms with Gasteiger partial charge in [0, 0.05) is 13.2 Å². The van der Waals surface area contributed by atoms with E-state index in [9.17, 15) is 9.59 Å². The monoisotopic (exact) mass is 371 g/mol. The molecule has 25 heavy (non-hydrogen) atoms. The topological polar surface area (TPSA) is 64.6 Å². The Morgan fingerprint density at radius 3 is 2.04 bits per heavy atom. The average Bonchev–Trinajstić information content (AvgIpc) is 2.86. The molecule has 6 heteroatoms. The summed E-state index contributed by atoms with van der Waals surface area (Å²) in [4.78, 5) is 22.4. The third kappa shape index (κ3) is 10.8. The number of rotatable bonds is 15. The first-order chi connectivity index (χ1) is 11.9. The van der Waals surface area contributed by atoms with E-state index in [1.165, 1.54) is 51.0 Å². The average molecular weight is 372 g/mol. The summed E-state index contributed by atoms with van der Waals surface area (Å²) in [6.07, 6.45) is 10.9. The van der Waals surface area contributed by atoms with Crippen LogP contribution in [0, 0.1) is 0 Å². The summed E-state index contributed by atoms with van der Waals surface area (Å²) in [6.45, 7) is 8.16. The van der Waals surface area contributed by atoms with Crippen molar-refractivity contribution in [1.82, 2.24) is 5.32 Å². The SMILES string of the molecule is CCO[Si](C)(C)CCCCCCCCCCCOC1CC(=O)NC1=O. The highest BCUT2D eigenvalue weighted by Crippen LogP contribution is 2.17. The van der Waals surface area contributed by atoms with Gasteiger partial charge in [0.05, 0.1) is 6.42 Å². The van der Waals surface area contributed by atoms with Crippen LogP contribution in [0.4, 0.5) is 0 Å². The fraction of sp³-hybridized carbons (Fsp3) is 0.895. The van der Waals surface area contributed by atoms with Gasteiger partial charge in [-0.3, -0.25) is 14.9 Å². The van der Waals surface area contributed by atoms with Gasteiger partial charge in [-0.25, -0.2) is 0 Å². The number of ether oxygens (including phenoxy) is 1. The van der Waals surface area contributed by atoms with Crippen molar-refractivity contribution in [3.05, 3.63) is 0 Å². The number of carbonyl (C=O) groups is 2. The molecule has 0 aromatic rings. The molecule has 0 spiro atoms. The largest absolute Gasteiger partial charge is 0.418 e. The first-order valence-electron chi connectivity index (χ1n) is 10.0. The number of unbranched alkanes of at least 4 members (excludes halogenated alkanes) is 8. The molecule has 1 rings (SSSR count). The smallest absolute Gasteiger partial charge is 0.256 e. The van der Waals surface area contributed by atoms with Crippen molar-refractivity contribution < 1.29 is 18.8 Å². The summed E-state index contributed by atoms with van der Waals surface area (Å²) >= 11 is 0. The molecule has 146 valence electrons. The molecule has 1 aliphatic rings. The Balaban J connectivity index is 1.82. The van der Waals surface area contributed by atoms with Crippen molar-refractivity contribution in [3.63, 3.8) is 0 Å². The van der Waals surface area contributed by atoms with E-state index in [4.69, 9.17) is 9.16 Å². The predicted octanol–water partition coefficient (Wildman–Crippen LogP) is 4.17. The van der Waals surface area contributed by atoms with Crippen molar-refractivity contribution in [2.24, 2.45) is 0 Å². The van der Waals surface area contributed by atoms with E-state index < -0.39 is 14.4 Å². The lowest BCUT2D eigenvalue weighted by atomic mass is 10.1. The molecule has 0 aromatic heterocycles. The molecule has 5 nitrogen and oxygen atoms in total. The second kappa shape index (κ2) is 12.6. The number of hydrogen-bond donors (Lipinski definition) is 1. The summed E-state index contributed by atoms with van der Waals surface area (Å²) in [5.74, 6) is -0.504. The van der Waals surface area contributed by atoms with Gasteiger partial charge >= 0.3 is 0 Å². The minimum Gasteiger partial charge on any atom is -0.418 e. The van der Waals surface area contributed by atoms with Crippen molar-refractivity contribution in [2.75, 3.05) is 13.2 Å². The Bertz CT molecular complexity index is 401. The second-order valence-corrected chi connectivity index (χ2v) is 11.9. The maximum Gasteiger partial charge on any atom is 0.256 e. The molecule has 1 unspecified atom stereocenters. The highest BCUT2D eigenvalue weighted by Gasteiger charge is 2.30. The van der Waals surface area contributed by atoms with E-state index in [1.807, 2.05) is 0 Å². The summed E-state index contributed by atoms with van der Waals surface area (Å²) in [7, 11) is -1.37. The molecule has 2 amide bonds. The molecule has 0 aliphatic carbocycles. The fourth-order valence-corrected chi connectivity index (χ4v) is 5.27. The number of nitrogens with one attached hydrogen (secondary N) is 1. The van der Waals surface area contributed by atoms with Crippen LogP contribution in [0.2, 0.25) is 19.1 Å². The van der Waals surface area contributed by atoms with E-state index in [2.05, 4.69) is 25.3 Å². The minimum atomic E-state index is -1.37. The third-order valence-corrected chi connectivity index (χ3v) is 7.33. The Hall–Kier alpha value is -0.723. The van der Waals surface area contributed by atoms with Crippen LogP contribution in [-0.2, 0) is 18.8 Å². The Morgan fingerprint density at radius 1 is 0.960 bits per heavy atom. The van der Waals surface area contributed by atoms with E-state index in [0.29, 0.717) is 6.61 Å². The zero-order valence-corrected chi connectivity index (χ0v) is 17.4. The van der Waals surface area contributed by atoms with Crippen LogP contribution in [0.3, 0.4) is 0 Å². The molecule has 1 fully saturated rings. The first-order valence-corrected chi connectivity index (χ1v) is 13.2. The molecule has 0 bridgehead atoms. The van der Waals surface area contributed by atoms with Crippen molar-refractivity contribution in [2.45, 2.75) is 96.4 Å². The van der Waals surface area contributed by atoms with Crippen LogP contribution in [0.15, 0.2) is 0 Å². The maximum atomic E-state index is 11.3. The summed E-state index contributed by atoms with van der Waals surface area (Å²) in [5, 5.41) is 2.26. The van der Waals surface area contributed by atoms with E-state index in [-0.39, 0.29) is 18.2 Å². The molecule has 1 aliphatic heterocycles. The van der Waals surface area contributed by atoms with Gasteiger partial charge in [0.15, 0.2) is 8.32 Å². The first kappa shape index (κ1) is 22.3. The Kier molecular flexibility index (Phi) is 11.2. The van der Waals surface area contributed by atoms with E-state index in [0.717, 1.165) is 19.4 Å². The van der Waals surface area contributed by atoms with Gasteiger partial charge in [-0.05, 0) is 32.5 Å². The lowest BCUT2D eigenvalue weighted by molar-refractivity contribution is -0.129. The summed E-state index contributed by atoms with van der Waals surface area (Å²) in [5.41, 5.74) is 0. The molecule has 1 atom stereocenters. The number of carbonyl (C=O) groups excluding carboxylic acids is 2.